The molecule has 30 heavy (non-hydrogen) atoms. The number of fused-ring (bicyclic) bond motifs is 3. The third-order valence-electron chi connectivity index (χ3n) is 6.49. The molecule has 0 saturated heterocycles. The Morgan fingerprint density at radius 3 is 2.53 bits per heavy atom. The molecule has 4 rings (SSSR count). The zero-order valence-electron chi connectivity index (χ0n) is 16.0. The van der Waals surface area contributed by atoms with Gasteiger partial charge in [0.05, 0.1) is 9.13 Å². The Morgan fingerprint density at radius 1 is 1.27 bits per heavy atom. The first-order chi connectivity index (χ1) is 14.0. The van der Waals surface area contributed by atoms with Gasteiger partial charge in [-0.1, -0.05) is 6.92 Å². The summed E-state index contributed by atoms with van der Waals surface area (Å²) in [7, 11) is 0. The molecular weight excluding hydrogens is 505 g/mol. The maximum atomic E-state index is 13.4. The van der Waals surface area contributed by atoms with Gasteiger partial charge in [0.15, 0.2) is 11.4 Å². The molecule has 0 aliphatic heterocycles. The lowest BCUT2D eigenvalue weighted by atomic mass is 9.59. The summed E-state index contributed by atoms with van der Waals surface area (Å²) < 4.78 is 0.510. The van der Waals surface area contributed by atoms with Crippen LogP contribution < -0.4 is 5.73 Å². The van der Waals surface area contributed by atoms with Crippen molar-refractivity contribution in [2.75, 3.05) is 0 Å². The summed E-state index contributed by atoms with van der Waals surface area (Å²) >= 11 is 1.94. The van der Waals surface area contributed by atoms with Gasteiger partial charge in [0.25, 0.3) is 5.91 Å². The van der Waals surface area contributed by atoms with E-state index in [2.05, 4.69) is 0 Å². The topological polar surface area (TPSA) is 158 Å². The van der Waals surface area contributed by atoms with Crippen molar-refractivity contribution in [3.05, 3.63) is 43.2 Å². The molecule has 1 amide bonds. The number of benzene rings is 1. The fourth-order valence-electron chi connectivity index (χ4n) is 5.04. The zero-order chi connectivity index (χ0) is 22.1. The van der Waals surface area contributed by atoms with Gasteiger partial charge in [0.2, 0.25) is 5.78 Å². The highest BCUT2D eigenvalue weighted by Gasteiger charge is 2.60. The molecule has 6 N–H and O–H groups in total. The number of hydrogen-bond donors (Lipinski definition) is 5. The fraction of sp³-hybridized carbons (Fsp3) is 0.381. The number of halogens is 1. The van der Waals surface area contributed by atoms with E-state index in [1.54, 1.807) is 0 Å². The molecule has 0 bridgehead atoms. The Hall–Kier alpha value is -2.40. The van der Waals surface area contributed by atoms with Gasteiger partial charge in [-0.25, -0.2) is 0 Å². The summed E-state index contributed by atoms with van der Waals surface area (Å²) in [5.74, 6) is -6.07. The molecule has 3 aliphatic rings. The monoisotopic (exact) mass is 525 g/mol. The summed E-state index contributed by atoms with van der Waals surface area (Å²) in [5.41, 5.74) is 3.52. The lowest BCUT2D eigenvalue weighted by Gasteiger charge is -2.46. The van der Waals surface area contributed by atoms with Crippen molar-refractivity contribution in [3.63, 3.8) is 0 Å². The number of amides is 1. The predicted molar refractivity (Wildman–Crippen MR) is 113 cm³/mol. The highest BCUT2D eigenvalue weighted by Crippen LogP contribution is 2.52. The number of phenols is 1. The predicted octanol–water partition coefficient (Wildman–Crippen LogP) is 1.59. The molecule has 8 nitrogen and oxygen atoms in total. The minimum Gasteiger partial charge on any atom is -0.508 e. The van der Waals surface area contributed by atoms with Crippen molar-refractivity contribution < 1.29 is 34.8 Å². The number of aliphatic hydroxyl groups is 3. The fourth-order valence-corrected chi connectivity index (χ4v) is 5.69. The van der Waals surface area contributed by atoms with Gasteiger partial charge >= 0.3 is 0 Å². The van der Waals surface area contributed by atoms with Crippen LogP contribution in [-0.4, -0.2) is 43.5 Å². The second-order valence-electron chi connectivity index (χ2n) is 7.98. The Balaban J connectivity index is 1.96. The van der Waals surface area contributed by atoms with Crippen LogP contribution in [0.3, 0.4) is 0 Å². The first kappa shape index (κ1) is 20.9. The van der Waals surface area contributed by atoms with Gasteiger partial charge in [-0.05, 0) is 65.0 Å². The third kappa shape index (κ3) is 2.57. The molecule has 158 valence electrons. The van der Waals surface area contributed by atoms with Gasteiger partial charge < -0.3 is 26.2 Å². The van der Waals surface area contributed by atoms with Crippen molar-refractivity contribution in [2.45, 2.75) is 38.2 Å². The molecule has 0 spiro atoms. The lowest BCUT2D eigenvalue weighted by Crippen LogP contribution is -2.58. The molecule has 0 heterocycles. The highest BCUT2D eigenvalue weighted by molar-refractivity contribution is 14.1. The van der Waals surface area contributed by atoms with E-state index in [0.29, 0.717) is 16.4 Å². The standard InChI is InChI=1S/C21H20INO7/c1-2-7-5-11(22)16(25)14-10(7)4-8-3-9-6-12(24)15(20(23)29)19(28)21(9,30)18(27)13(8)17(14)26/h5,8-9,25-26,28,30H,2-4,6H2,1H3,(H2,23,29). The molecule has 1 aromatic carbocycles. The number of aromatic hydroxyl groups is 1. The first-order valence-electron chi connectivity index (χ1n) is 9.54. The van der Waals surface area contributed by atoms with Gasteiger partial charge in [0.1, 0.15) is 22.8 Å². The van der Waals surface area contributed by atoms with Crippen LogP contribution in [0.25, 0.3) is 5.76 Å². The Labute approximate surface area is 185 Å². The van der Waals surface area contributed by atoms with E-state index in [9.17, 15) is 34.8 Å². The molecule has 1 aromatic rings. The quantitative estimate of drug-likeness (QED) is 0.290. The van der Waals surface area contributed by atoms with Crippen molar-refractivity contribution in [3.8, 4) is 5.75 Å². The Kier molecular flexibility index (Phi) is 4.73. The normalized spacial score (nSPS) is 28.2. The number of aryl methyl sites for hydroxylation is 1. The minimum atomic E-state index is -2.53. The number of ketones is 2. The number of carbonyl (C=O) groups excluding carboxylic acids is 3. The number of Topliss-reactive ketones (excluding diaryl/α,β-unsaturated/α-hetero) is 2. The van der Waals surface area contributed by atoms with Crippen LogP contribution in [0.5, 0.6) is 5.75 Å². The van der Waals surface area contributed by atoms with Crippen LogP contribution in [-0.2, 0) is 27.2 Å². The zero-order valence-corrected chi connectivity index (χ0v) is 18.2. The van der Waals surface area contributed by atoms with E-state index in [1.807, 2.05) is 35.6 Å². The molecule has 3 atom stereocenters. The summed E-state index contributed by atoms with van der Waals surface area (Å²) in [6.45, 7) is 1.94. The maximum absolute atomic E-state index is 13.4. The average Bonchev–Trinajstić information content (AvgIpc) is 2.67. The van der Waals surface area contributed by atoms with E-state index in [0.717, 1.165) is 11.1 Å². The summed E-state index contributed by atoms with van der Waals surface area (Å²) in [6.07, 6.45) is 0.806. The highest BCUT2D eigenvalue weighted by atomic mass is 127. The third-order valence-corrected chi connectivity index (χ3v) is 7.31. The second kappa shape index (κ2) is 6.81. The van der Waals surface area contributed by atoms with Crippen LogP contribution in [0.2, 0.25) is 0 Å². The summed E-state index contributed by atoms with van der Waals surface area (Å²) in [4.78, 5) is 37.3. The molecule has 9 heteroatoms. The van der Waals surface area contributed by atoms with Crippen LogP contribution in [0, 0.1) is 15.4 Å². The van der Waals surface area contributed by atoms with Gasteiger partial charge in [-0.3, -0.25) is 14.4 Å². The van der Waals surface area contributed by atoms with Crippen LogP contribution in [0.4, 0.5) is 0 Å². The Morgan fingerprint density at radius 2 is 1.93 bits per heavy atom. The number of primary amides is 1. The van der Waals surface area contributed by atoms with E-state index >= 15 is 0 Å². The van der Waals surface area contributed by atoms with E-state index < -0.39 is 52.0 Å². The average molecular weight is 525 g/mol. The molecule has 1 fully saturated rings. The number of rotatable bonds is 2. The van der Waals surface area contributed by atoms with Gasteiger partial charge in [-0.2, -0.15) is 0 Å². The number of carbonyl (C=O) groups is 3. The van der Waals surface area contributed by atoms with Crippen molar-refractivity contribution in [1.29, 1.82) is 0 Å². The number of phenolic OH excluding ortho intramolecular Hbond substituents is 1. The largest absolute Gasteiger partial charge is 0.508 e. The maximum Gasteiger partial charge on any atom is 0.255 e. The van der Waals surface area contributed by atoms with Crippen molar-refractivity contribution in [1.82, 2.24) is 0 Å². The van der Waals surface area contributed by atoms with E-state index in [4.69, 9.17) is 5.73 Å². The molecule has 1 saturated carbocycles. The second-order valence-corrected chi connectivity index (χ2v) is 9.14. The summed E-state index contributed by atoms with van der Waals surface area (Å²) in [5, 5.41) is 43.3. The minimum absolute atomic E-state index is 0.120. The first-order valence-corrected chi connectivity index (χ1v) is 10.6. The Bertz CT molecular complexity index is 1100. The van der Waals surface area contributed by atoms with Crippen LogP contribution in [0.15, 0.2) is 23.0 Å². The number of hydrogen-bond acceptors (Lipinski definition) is 7. The molecular formula is C21H20INO7. The SMILES string of the molecule is CCc1cc(I)c(O)c2c1CC1CC3CC(=O)C(C(N)=O)=C(O)C3(O)C(=O)C1=C2O. The van der Waals surface area contributed by atoms with Crippen molar-refractivity contribution >= 4 is 45.8 Å². The smallest absolute Gasteiger partial charge is 0.255 e. The molecule has 3 unspecified atom stereocenters. The number of nitrogens with two attached hydrogens (primary N) is 1. The van der Waals surface area contributed by atoms with E-state index in [-0.39, 0.29) is 29.7 Å². The lowest BCUT2D eigenvalue weighted by molar-refractivity contribution is -0.147. The van der Waals surface area contributed by atoms with Gasteiger partial charge in [-0.15, -0.1) is 0 Å². The van der Waals surface area contributed by atoms with Crippen molar-refractivity contribution in [2.24, 2.45) is 17.6 Å². The molecule has 0 radical (unpaired) electrons. The van der Waals surface area contributed by atoms with Gasteiger partial charge in [0, 0.05) is 17.9 Å². The number of aliphatic hydroxyl groups excluding tert-OH is 2. The van der Waals surface area contributed by atoms with Crippen LogP contribution in [0.1, 0.15) is 36.5 Å². The molecule has 3 aliphatic carbocycles. The van der Waals surface area contributed by atoms with Crippen LogP contribution >= 0.6 is 22.6 Å². The molecule has 0 aromatic heterocycles. The summed E-state index contributed by atoms with van der Waals surface area (Å²) in [6, 6.07) is 1.83. The van der Waals surface area contributed by atoms with E-state index in [1.165, 1.54) is 0 Å².